The number of aromatic nitrogens is 3. The smallest absolute Gasteiger partial charge is 0.288 e. The first-order valence-corrected chi connectivity index (χ1v) is 5.97. The molecule has 3 N–H and O–H groups in total. The summed E-state index contributed by atoms with van der Waals surface area (Å²) in [6.45, 7) is 2.03. The minimum absolute atomic E-state index is 0.201. The molecule has 7 nitrogen and oxygen atoms in total. The second-order valence-electron chi connectivity index (χ2n) is 3.65. The fourth-order valence-corrected chi connectivity index (χ4v) is 2.05. The van der Waals surface area contributed by atoms with E-state index in [1.807, 2.05) is 5.43 Å². The molecule has 18 heavy (non-hydrogen) atoms. The van der Waals surface area contributed by atoms with Gasteiger partial charge in [-0.05, 0) is 12.5 Å². The van der Waals surface area contributed by atoms with Crippen molar-refractivity contribution in [2.45, 2.75) is 13.5 Å². The zero-order chi connectivity index (χ0) is 13.1. The van der Waals surface area contributed by atoms with Gasteiger partial charge in [0.05, 0.1) is 18.4 Å². The van der Waals surface area contributed by atoms with Gasteiger partial charge < -0.3 is 0 Å². The van der Waals surface area contributed by atoms with Crippen LogP contribution in [0, 0.1) is 6.92 Å². The SMILES string of the molecule is Cc1cnn(Cc2csc(C(=O)NN)n2)c(=O)c1. The van der Waals surface area contributed by atoms with E-state index in [1.54, 1.807) is 18.5 Å². The Morgan fingerprint density at radius 2 is 2.39 bits per heavy atom. The van der Waals surface area contributed by atoms with Crippen molar-refractivity contribution in [2.75, 3.05) is 0 Å². The molecule has 0 aliphatic carbocycles. The Morgan fingerprint density at radius 1 is 1.61 bits per heavy atom. The molecule has 0 aromatic carbocycles. The van der Waals surface area contributed by atoms with Crippen LogP contribution in [0.3, 0.4) is 0 Å². The lowest BCUT2D eigenvalue weighted by Gasteiger charge is -2.01. The third kappa shape index (κ3) is 2.60. The highest BCUT2D eigenvalue weighted by Crippen LogP contribution is 2.09. The van der Waals surface area contributed by atoms with Gasteiger partial charge in [0.1, 0.15) is 0 Å². The lowest BCUT2D eigenvalue weighted by atomic mass is 10.3. The fourth-order valence-electron chi connectivity index (χ4n) is 1.34. The molecule has 0 radical (unpaired) electrons. The fraction of sp³-hybridized carbons (Fsp3) is 0.200. The summed E-state index contributed by atoms with van der Waals surface area (Å²) in [5.74, 6) is 4.56. The van der Waals surface area contributed by atoms with E-state index in [4.69, 9.17) is 5.84 Å². The lowest BCUT2D eigenvalue weighted by Crippen LogP contribution is -2.30. The molecule has 8 heteroatoms. The van der Waals surface area contributed by atoms with Gasteiger partial charge in [-0.1, -0.05) is 0 Å². The van der Waals surface area contributed by atoms with Crippen LogP contribution in [-0.2, 0) is 6.54 Å². The number of hydrogen-bond acceptors (Lipinski definition) is 6. The second-order valence-corrected chi connectivity index (χ2v) is 4.50. The Kier molecular flexibility index (Phi) is 3.49. The van der Waals surface area contributed by atoms with Crippen molar-refractivity contribution < 1.29 is 4.79 Å². The molecule has 2 aromatic rings. The van der Waals surface area contributed by atoms with Gasteiger partial charge in [-0.3, -0.25) is 15.0 Å². The van der Waals surface area contributed by atoms with E-state index in [9.17, 15) is 9.59 Å². The number of carbonyl (C=O) groups excluding carboxylic acids is 1. The Hall–Kier alpha value is -2.06. The van der Waals surface area contributed by atoms with Crippen molar-refractivity contribution in [3.05, 3.63) is 44.3 Å². The molecule has 0 aliphatic heterocycles. The van der Waals surface area contributed by atoms with E-state index < -0.39 is 5.91 Å². The van der Waals surface area contributed by atoms with E-state index in [-0.39, 0.29) is 17.1 Å². The summed E-state index contributed by atoms with van der Waals surface area (Å²) in [4.78, 5) is 26.9. The maximum atomic E-state index is 11.6. The average molecular weight is 265 g/mol. The van der Waals surface area contributed by atoms with Crippen LogP contribution in [0.1, 0.15) is 21.1 Å². The average Bonchev–Trinajstić information content (AvgIpc) is 2.80. The number of hydrazine groups is 1. The van der Waals surface area contributed by atoms with Gasteiger partial charge in [-0.15, -0.1) is 11.3 Å². The molecule has 0 atom stereocenters. The van der Waals surface area contributed by atoms with Crippen LogP contribution in [0.15, 0.2) is 22.4 Å². The van der Waals surface area contributed by atoms with E-state index in [0.29, 0.717) is 5.69 Å². The van der Waals surface area contributed by atoms with Crippen molar-refractivity contribution in [1.82, 2.24) is 20.2 Å². The maximum absolute atomic E-state index is 11.6. The van der Waals surface area contributed by atoms with Crippen molar-refractivity contribution in [2.24, 2.45) is 5.84 Å². The Labute approximate surface area is 106 Å². The van der Waals surface area contributed by atoms with Gasteiger partial charge in [-0.2, -0.15) is 5.10 Å². The third-order valence-corrected chi connectivity index (χ3v) is 3.09. The molecule has 0 unspecified atom stereocenters. The number of nitrogens with two attached hydrogens (primary N) is 1. The predicted molar refractivity (Wildman–Crippen MR) is 66.1 cm³/mol. The molecule has 94 valence electrons. The molecule has 1 amide bonds. The maximum Gasteiger partial charge on any atom is 0.294 e. The summed E-state index contributed by atoms with van der Waals surface area (Å²) in [6, 6.07) is 1.49. The largest absolute Gasteiger partial charge is 0.294 e. The quantitative estimate of drug-likeness (QED) is 0.449. The minimum atomic E-state index is -0.449. The highest BCUT2D eigenvalue weighted by Gasteiger charge is 2.10. The highest BCUT2D eigenvalue weighted by atomic mass is 32.1. The van der Waals surface area contributed by atoms with Crippen LogP contribution in [-0.4, -0.2) is 20.7 Å². The van der Waals surface area contributed by atoms with Crippen LogP contribution in [0.4, 0.5) is 0 Å². The first-order chi connectivity index (χ1) is 8.60. The van der Waals surface area contributed by atoms with E-state index in [2.05, 4.69) is 10.1 Å². The van der Waals surface area contributed by atoms with Gasteiger partial charge in [0.25, 0.3) is 11.5 Å². The molecule has 0 fully saturated rings. The number of carbonyl (C=O) groups is 1. The summed E-state index contributed by atoms with van der Waals surface area (Å²) in [7, 11) is 0. The van der Waals surface area contributed by atoms with Gasteiger partial charge in [0, 0.05) is 11.4 Å². The highest BCUT2D eigenvalue weighted by molar-refractivity contribution is 7.11. The first-order valence-electron chi connectivity index (χ1n) is 5.09. The zero-order valence-corrected chi connectivity index (χ0v) is 10.4. The number of amides is 1. The predicted octanol–water partition coefficient (Wildman–Crippen LogP) is -0.340. The Bertz CT molecular complexity index is 633. The zero-order valence-electron chi connectivity index (χ0n) is 9.58. The first kappa shape index (κ1) is 12.4. The molecular weight excluding hydrogens is 254 g/mol. The number of hydrogen-bond donors (Lipinski definition) is 2. The molecule has 2 heterocycles. The summed E-state index contributed by atoms with van der Waals surface area (Å²) >= 11 is 1.16. The van der Waals surface area contributed by atoms with Gasteiger partial charge >= 0.3 is 0 Å². The van der Waals surface area contributed by atoms with E-state index in [0.717, 1.165) is 16.9 Å². The molecule has 0 saturated carbocycles. The topological polar surface area (TPSA) is 103 Å². The normalized spacial score (nSPS) is 10.3. The number of nitrogens with zero attached hydrogens (tertiary/aromatic N) is 3. The summed E-state index contributed by atoms with van der Waals surface area (Å²) < 4.78 is 1.28. The standard InChI is InChI=1S/C10H11N5O2S/c1-6-2-8(16)15(12-3-6)4-7-5-18-10(13-7)9(17)14-11/h2-3,5H,4,11H2,1H3,(H,14,17). The molecular formula is C10H11N5O2S. The van der Waals surface area contributed by atoms with Crippen molar-refractivity contribution in [1.29, 1.82) is 0 Å². The van der Waals surface area contributed by atoms with E-state index in [1.165, 1.54) is 10.7 Å². The number of nitrogens with one attached hydrogen (secondary N) is 1. The molecule has 0 saturated heterocycles. The van der Waals surface area contributed by atoms with Crippen LogP contribution in [0.2, 0.25) is 0 Å². The number of aryl methyl sites for hydroxylation is 1. The molecule has 2 rings (SSSR count). The van der Waals surface area contributed by atoms with Gasteiger partial charge in [0.15, 0.2) is 5.01 Å². The van der Waals surface area contributed by atoms with Crippen LogP contribution in [0.5, 0.6) is 0 Å². The number of thiazole rings is 1. The second kappa shape index (κ2) is 5.07. The lowest BCUT2D eigenvalue weighted by molar-refractivity contribution is 0.0953. The number of rotatable bonds is 3. The monoisotopic (exact) mass is 265 g/mol. The van der Waals surface area contributed by atoms with Crippen LogP contribution >= 0.6 is 11.3 Å². The van der Waals surface area contributed by atoms with Gasteiger partial charge in [-0.25, -0.2) is 15.5 Å². The van der Waals surface area contributed by atoms with Crippen LogP contribution in [0.25, 0.3) is 0 Å². The van der Waals surface area contributed by atoms with Crippen molar-refractivity contribution in [3.8, 4) is 0 Å². The molecule has 0 bridgehead atoms. The minimum Gasteiger partial charge on any atom is -0.288 e. The third-order valence-electron chi connectivity index (χ3n) is 2.20. The van der Waals surface area contributed by atoms with Gasteiger partial charge in [0.2, 0.25) is 0 Å². The summed E-state index contributed by atoms with van der Waals surface area (Å²) in [6.07, 6.45) is 1.60. The summed E-state index contributed by atoms with van der Waals surface area (Å²) in [5, 5.41) is 5.94. The number of nitrogen functional groups attached to an aromatic ring is 1. The van der Waals surface area contributed by atoms with E-state index >= 15 is 0 Å². The molecule has 0 spiro atoms. The molecule has 0 aliphatic rings. The van der Waals surface area contributed by atoms with Crippen LogP contribution < -0.4 is 16.8 Å². The van der Waals surface area contributed by atoms with Crippen molar-refractivity contribution in [3.63, 3.8) is 0 Å². The molecule has 2 aromatic heterocycles. The van der Waals surface area contributed by atoms with Crippen molar-refractivity contribution >= 4 is 17.2 Å². The Balaban J connectivity index is 2.21. The summed E-state index contributed by atoms with van der Waals surface area (Å²) in [5.41, 5.74) is 3.20. The Morgan fingerprint density at radius 3 is 3.06 bits per heavy atom.